The van der Waals surface area contributed by atoms with Crippen molar-refractivity contribution in [2.75, 3.05) is 13.2 Å². The highest BCUT2D eigenvalue weighted by Gasteiger charge is 2.28. The molecule has 0 saturated heterocycles. The highest BCUT2D eigenvalue weighted by molar-refractivity contribution is 5.82. The molecule has 0 aromatic heterocycles. The van der Waals surface area contributed by atoms with E-state index in [4.69, 9.17) is 9.47 Å². The maximum absolute atomic E-state index is 12.2. The lowest BCUT2D eigenvalue weighted by molar-refractivity contribution is -0.127. The van der Waals surface area contributed by atoms with Gasteiger partial charge < -0.3 is 14.8 Å². The Labute approximate surface area is 142 Å². The monoisotopic (exact) mass is 325 g/mol. The molecule has 2 aromatic rings. The third kappa shape index (κ3) is 4.15. The van der Waals surface area contributed by atoms with Crippen LogP contribution in [-0.2, 0) is 16.0 Å². The number of benzene rings is 2. The van der Waals surface area contributed by atoms with Crippen molar-refractivity contribution in [3.63, 3.8) is 0 Å². The van der Waals surface area contributed by atoms with Crippen LogP contribution in [0.1, 0.15) is 30.6 Å². The minimum Gasteiger partial charge on any atom is -0.480 e. The predicted octanol–water partition coefficient (Wildman–Crippen LogP) is 3.27. The largest absolute Gasteiger partial charge is 0.480 e. The molecular formula is C20H23NO3. The number of fused-ring (bicyclic) bond motifs is 1. The van der Waals surface area contributed by atoms with Crippen LogP contribution in [0.5, 0.6) is 5.75 Å². The van der Waals surface area contributed by atoms with Gasteiger partial charge in [0, 0.05) is 19.6 Å². The molecule has 1 N–H and O–H groups in total. The molecule has 2 aromatic carbocycles. The van der Waals surface area contributed by atoms with E-state index in [-0.39, 0.29) is 12.0 Å². The van der Waals surface area contributed by atoms with Gasteiger partial charge >= 0.3 is 0 Å². The van der Waals surface area contributed by atoms with Crippen LogP contribution in [0.4, 0.5) is 0 Å². The predicted molar refractivity (Wildman–Crippen MR) is 93.0 cm³/mol. The van der Waals surface area contributed by atoms with Crippen molar-refractivity contribution in [2.24, 2.45) is 0 Å². The van der Waals surface area contributed by atoms with Gasteiger partial charge in [-0.3, -0.25) is 4.79 Å². The molecule has 0 bridgehead atoms. The summed E-state index contributed by atoms with van der Waals surface area (Å²) in [4.78, 5) is 12.2. The summed E-state index contributed by atoms with van der Waals surface area (Å²) in [7, 11) is 0. The first-order valence-electron chi connectivity index (χ1n) is 8.43. The van der Waals surface area contributed by atoms with E-state index < -0.39 is 6.10 Å². The second-order valence-electron chi connectivity index (χ2n) is 5.99. The number of nitrogens with one attached hydrogen (secondary N) is 1. The number of rotatable bonds is 7. The summed E-state index contributed by atoms with van der Waals surface area (Å²) >= 11 is 0. The van der Waals surface area contributed by atoms with E-state index >= 15 is 0 Å². The molecule has 0 spiro atoms. The number of para-hydroxylation sites is 1. The third-order valence-corrected chi connectivity index (χ3v) is 4.20. The summed E-state index contributed by atoms with van der Waals surface area (Å²) in [6, 6.07) is 17.9. The molecule has 1 aliphatic heterocycles. The summed E-state index contributed by atoms with van der Waals surface area (Å²) in [5.74, 6) is 0.764. The van der Waals surface area contributed by atoms with Crippen LogP contribution < -0.4 is 10.1 Å². The molecule has 0 saturated carbocycles. The highest BCUT2D eigenvalue weighted by Crippen LogP contribution is 2.28. The van der Waals surface area contributed by atoms with Gasteiger partial charge in [0.25, 0.3) is 5.91 Å². The average molecular weight is 325 g/mol. The molecule has 1 amide bonds. The van der Waals surface area contributed by atoms with E-state index in [2.05, 4.69) is 17.4 Å². The first kappa shape index (κ1) is 16.5. The molecule has 0 unspecified atom stereocenters. The van der Waals surface area contributed by atoms with E-state index in [0.29, 0.717) is 19.6 Å². The Hall–Kier alpha value is -2.33. The van der Waals surface area contributed by atoms with Gasteiger partial charge in [0.05, 0.1) is 6.10 Å². The standard InChI is InChI=1S/C20H23NO3/c1-15(16-8-3-2-4-9-16)23-13-7-12-21-20(22)19-14-17-10-5-6-11-18(17)24-19/h2-6,8-11,15,19H,7,12-14H2,1H3,(H,21,22)/t15-,19-/m1/s1. The van der Waals surface area contributed by atoms with Gasteiger partial charge in [-0.2, -0.15) is 0 Å². The molecule has 0 aliphatic carbocycles. The molecule has 2 atom stereocenters. The minimum absolute atomic E-state index is 0.0534. The molecule has 126 valence electrons. The summed E-state index contributed by atoms with van der Waals surface area (Å²) < 4.78 is 11.5. The number of ether oxygens (including phenoxy) is 2. The lowest BCUT2D eigenvalue weighted by atomic mass is 10.1. The van der Waals surface area contributed by atoms with E-state index in [1.807, 2.05) is 49.4 Å². The fourth-order valence-electron chi connectivity index (χ4n) is 2.81. The number of amides is 1. The first-order chi connectivity index (χ1) is 11.7. The summed E-state index contributed by atoms with van der Waals surface area (Å²) in [5.41, 5.74) is 2.26. The van der Waals surface area contributed by atoms with Crippen molar-refractivity contribution < 1.29 is 14.3 Å². The van der Waals surface area contributed by atoms with Gasteiger partial charge in [-0.1, -0.05) is 48.5 Å². The van der Waals surface area contributed by atoms with E-state index in [9.17, 15) is 4.79 Å². The zero-order valence-electron chi connectivity index (χ0n) is 13.9. The number of carbonyl (C=O) groups is 1. The lowest BCUT2D eigenvalue weighted by Crippen LogP contribution is -2.38. The molecular weight excluding hydrogens is 302 g/mol. The van der Waals surface area contributed by atoms with Crippen molar-refractivity contribution in [2.45, 2.75) is 32.0 Å². The number of hydrogen-bond acceptors (Lipinski definition) is 3. The lowest BCUT2D eigenvalue weighted by Gasteiger charge is -2.14. The second kappa shape index (κ2) is 7.97. The number of carbonyl (C=O) groups excluding carboxylic acids is 1. The Bertz CT molecular complexity index is 647. The maximum atomic E-state index is 12.2. The van der Waals surface area contributed by atoms with Crippen molar-refractivity contribution in [1.82, 2.24) is 5.32 Å². The Morgan fingerprint density at radius 2 is 1.96 bits per heavy atom. The van der Waals surface area contributed by atoms with Crippen LogP contribution in [0.2, 0.25) is 0 Å². The first-order valence-corrected chi connectivity index (χ1v) is 8.43. The highest BCUT2D eigenvalue weighted by atomic mass is 16.5. The van der Waals surface area contributed by atoms with Crippen LogP contribution in [0, 0.1) is 0 Å². The van der Waals surface area contributed by atoms with Crippen LogP contribution >= 0.6 is 0 Å². The van der Waals surface area contributed by atoms with Crippen molar-refractivity contribution >= 4 is 5.91 Å². The van der Waals surface area contributed by atoms with Crippen LogP contribution in [0.3, 0.4) is 0 Å². The zero-order chi connectivity index (χ0) is 16.8. The SMILES string of the molecule is C[C@@H](OCCCNC(=O)[C@H]1Cc2ccccc2O1)c1ccccc1. The van der Waals surface area contributed by atoms with Gasteiger partial charge in [0.2, 0.25) is 0 Å². The van der Waals surface area contributed by atoms with Gasteiger partial charge in [-0.25, -0.2) is 0 Å². The quantitative estimate of drug-likeness (QED) is 0.795. The van der Waals surface area contributed by atoms with Crippen molar-refractivity contribution in [1.29, 1.82) is 0 Å². The Morgan fingerprint density at radius 1 is 1.21 bits per heavy atom. The fourth-order valence-corrected chi connectivity index (χ4v) is 2.81. The Morgan fingerprint density at radius 3 is 2.75 bits per heavy atom. The molecule has 0 radical (unpaired) electrons. The average Bonchev–Trinajstić information content (AvgIpc) is 3.06. The van der Waals surface area contributed by atoms with E-state index in [0.717, 1.165) is 17.7 Å². The van der Waals surface area contributed by atoms with E-state index in [1.54, 1.807) is 0 Å². The molecule has 3 rings (SSSR count). The molecule has 0 fully saturated rings. The summed E-state index contributed by atoms with van der Waals surface area (Å²) in [5, 5.41) is 2.93. The van der Waals surface area contributed by atoms with Crippen LogP contribution in [0.15, 0.2) is 54.6 Å². The second-order valence-corrected chi connectivity index (χ2v) is 5.99. The van der Waals surface area contributed by atoms with Crippen molar-refractivity contribution in [3.8, 4) is 5.75 Å². The summed E-state index contributed by atoms with van der Waals surface area (Å²) in [6.45, 7) is 3.25. The maximum Gasteiger partial charge on any atom is 0.261 e. The number of hydrogen-bond donors (Lipinski definition) is 1. The normalized spacial score (nSPS) is 17.0. The third-order valence-electron chi connectivity index (χ3n) is 4.20. The van der Waals surface area contributed by atoms with Crippen LogP contribution in [-0.4, -0.2) is 25.2 Å². The van der Waals surface area contributed by atoms with Crippen molar-refractivity contribution in [3.05, 3.63) is 65.7 Å². The topological polar surface area (TPSA) is 47.6 Å². The van der Waals surface area contributed by atoms with Crippen LogP contribution in [0.25, 0.3) is 0 Å². The summed E-state index contributed by atoms with van der Waals surface area (Å²) in [6.07, 6.45) is 1.08. The fraction of sp³-hybridized carbons (Fsp3) is 0.350. The smallest absolute Gasteiger partial charge is 0.261 e. The molecule has 4 heteroatoms. The zero-order valence-corrected chi connectivity index (χ0v) is 13.9. The Balaban J connectivity index is 1.33. The van der Waals surface area contributed by atoms with Gasteiger partial charge in [-0.15, -0.1) is 0 Å². The minimum atomic E-state index is -0.411. The molecule has 1 heterocycles. The van der Waals surface area contributed by atoms with E-state index in [1.165, 1.54) is 5.56 Å². The Kier molecular flexibility index (Phi) is 5.49. The molecule has 24 heavy (non-hydrogen) atoms. The van der Waals surface area contributed by atoms with Gasteiger partial charge in [-0.05, 0) is 30.5 Å². The van der Waals surface area contributed by atoms with Gasteiger partial charge in [0.1, 0.15) is 5.75 Å². The van der Waals surface area contributed by atoms with Gasteiger partial charge in [0.15, 0.2) is 6.10 Å². The molecule has 1 aliphatic rings. The molecule has 4 nitrogen and oxygen atoms in total.